The molecule has 0 aromatic heterocycles. The van der Waals surface area contributed by atoms with Crippen molar-refractivity contribution in [2.75, 3.05) is 18.5 Å². The molecule has 0 fully saturated rings. The molecule has 5 nitrogen and oxygen atoms in total. The summed E-state index contributed by atoms with van der Waals surface area (Å²) in [5, 5.41) is 2.73. The topological polar surface area (TPSA) is 64.6 Å². The molecule has 0 unspecified atom stereocenters. The van der Waals surface area contributed by atoms with Crippen molar-refractivity contribution in [1.82, 2.24) is 0 Å². The van der Waals surface area contributed by atoms with Gasteiger partial charge in [-0.1, -0.05) is 31.5 Å². The molecule has 0 saturated heterocycles. The number of benzene rings is 2. The van der Waals surface area contributed by atoms with E-state index in [-0.39, 0.29) is 18.5 Å². The minimum absolute atomic E-state index is 0.0813. The number of carbonyl (C=O) groups excluding carboxylic acids is 2. The van der Waals surface area contributed by atoms with E-state index in [0.717, 1.165) is 12.0 Å². The Kier molecular flexibility index (Phi) is 7.21. The number of hydrogen-bond donors (Lipinski definition) is 1. The van der Waals surface area contributed by atoms with Crippen LogP contribution in [0.2, 0.25) is 0 Å². The van der Waals surface area contributed by atoms with E-state index in [1.54, 1.807) is 24.3 Å². The molecule has 1 amide bonds. The summed E-state index contributed by atoms with van der Waals surface area (Å²) in [6, 6.07) is 14.1. The minimum atomic E-state index is -0.355. The number of amides is 1. The van der Waals surface area contributed by atoms with Gasteiger partial charge in [-0.15, -0.1) is 0 Å². The van der Waals surface area contributed by atoms with Gasteiger partial charge in [0.25, 0.3) is 5.91 Å². The first kappa shape index (κ1) is 19.5. The lowest BCUT2D eigenvalue weighted by molar-refractivity contribution is -0.118. The Bertz CT molecular complexity index is 721. The fraction of sp³-hybridized carbons (Fsp3) is 0.333. The second-order valence-electron chi connectivity index (χ2n) is 6.55. The predicted octanol–water partition coefficient (Wildman–Crippen LogP) is 4.22. The van der Waals surface area contributed by atoms with E-state index in [9.17, 15) is 9.59 Å². The van der Waals surface area contributed by atoms with Crippen molar-refractivity contribution in [1.29, 1.82) is 0 Å². The Morgan fingerprint density at radius 1 is 1.00 bits per heavy atom. The maximum absolute atomic E-state index is 11.9. The van der Waals surface area contributed by atoms with Gasteiger partial charge >= 0.3 is 5.97 Å². The Morgan fingerprint density at radius 3 is 2.27 bits per heavy atom. The molecule has 0 atom stereocenters. The zero-order chi connectivity index (χ0) is 18.9. The van der Waals surface area contributed by atoms with Crippen molar-refractivity contribution in [3.8, 4) is 5.75 Å². The van der Waals surface area contributed by atoms with Gasteiger partial charge in [-0.05, 0) is 55.7 Å². The Balaban J connectivity index is 1.79. The molecule has 2 aromatic carbocycles. The highest BCUT2D eigenvalue weighted by Gasteiger charge is 2.09. The number of rotatable bonds is 8. The van der Waals surface area contributed by atoms with E-state index in [1.165, 1.54) is 0 Å². The Hall–Kier alpha value is -2.82. The van der Waals surface area contributed by atoms with E-state index < -0.39 is 0 Å². The van der Waals surface area contributed by atoms with E-state index in [4.69, 9.17) is 9.47 Å². The van der Waals surface area contributed by atoms with Crippen LogP contribution in [0.4, 0.5) is 5.69 Å². The van der Waals surface area contributed by atoms with Crippen LogP contribution in [0.3, 0.4) is 0 Å². The number of aryl methyl sites for hydroxylation is 1. The first-order valence-electron chi connectivity index (χ1n) is 8.70. The normalized spacial score (nSPS) is 10.5. The number of hydrogen-bond acceptors (Lipinski definition) is 4. The van der Waals surface area contributed by atoms with Gasteiger partial charge in [0.15, 0.2) is 6.61 Å². The molecular formula is C21H25NO4. The van der Waals surface area contributed by atoms with Gasteiger partial charge in [0.05, 0.1) is 12.2 Å². The van der Waals surface area contributed by atoms with Crippen molar-refractivity contribution in [2.45, 2.75) is 27.2 Å². The van der Waals surface area contributed by atoms with Crippen LogP contribution in [0.5, 0.6) is 5.75 Å². The summed E-state index contributed by atoms with van der Waals surface area (Å²) in [5.74, 6) is 0.511. The molecule has 0 radical (unpaired) electrons. The lowest BCUT2D eigenvalue weighted by atomic mass is 10.1. The van der Waals surface area contributed by atoms with Gasteiger partial charge in [0.2, 0.25) is 0 Å². The molecule has 26 heavy (non-hydrogen) atoms. The third kappa shape index (κ3) is 6.59. The van der Waals surface area contributed by atoms with Crippen molar-refractivity contribution in [3.63, 3.8) is 0 Å². The molecule has 0 heterocycles. The highest BCUT2D eigenvalue weighted by atomic mass is 16.5. The fourth-order valence-electron chi connectivity index (χ4n) is 2.14. The molecule has 2 aromatic rings. The molecule has 0 aliphatic heterocycles. The van der Waals surface area contributed by atoms with Crippen LogP contribution in [-0.4, -0.2) is 25.1 Å². The zero-order valence-corrected chi connectivity index (χ0v) is 15.5. The average Bonchev–Trinajstić information content (AvgIpc) is 2.61. The molecule has 0 aliphatic rings. The van der Waals surface area contributed by atoms with Crippen LogP contribution in [0.1, 0.15) is 36.2 Å². The monoisotopic (exact) mass is 355 g/mol. The molecule has 0 bridgehead atoms. The molecule has 0 saturated carbocycles. The summed E-state index contributed by atoms with van der Waals surface area (Å²) in [5.41, 5.74) is 2.19. The predicted molar refractivity (Wildman–Crippen MR) is 101 cm³/mol. The third-order valence-electron chi connectivity index (χ3n) is 3.72. The smallest absolute Gasteiger partial charge is 0.338 e. The lowest BCUT2D eigenvalue weighted by Crippen LogP contribution is -2.20. The largest absolute Gasteiger partial charge is 0.484 e. The molecule has 5 heteroatoms. The molecular weight excluding hydrogens is 330 g/mol. The second kappa shape index (κ2) is 9.61. The van der Waals surface area contributed by atoms with Crippen molar-refractivity contribution < 1.29 is 19.1 Å². The number of esters is 1. The zero-order valence-electron chi connectivity index (χ0n) is 15.5. The van der Waals surface area contributed by atoms with Gasteiger partial charge < -0.3 is 14.8 Å². The summed E-state index contributed by atoms with van der Waals surface area (Å²) in [6.45, 7) is 6.47. The van der Waals surface area contributed by atoms with Crippen LogP contribution >= 0.6 is 0 Å². The lowest BCUT2D eigenvalue weighted by Gasteiger charge is -2.09. The van der Waals surface area contributed by atoms with Gasteiger partial charge in [-0.2, -0.15) is 0 Å². The maximum Gasteiger partial charge on any atom is 0.338 e. The van der Waals surface area contributed by atoms with Crippen molar-refractivity contribution in [3.05, 3.63) is 59.7 Å². The van der Waals surface area contributed by atoms with Gasteiger partial charge in [-0.3, -0.25) is 4.79 Å². The van der Waals surface area contributed by atoms with E-state index >= 15 is 0 Å². The van der Waals surface area contributed by atoms with E-state index in [1.807, 2.05) is 31.2 Å². The minimum Gasteiger partial charge on any atom is -0.484 e. The summed E-state index contributed by atoms with van der Waals surface area (Å²) in [7, 11) is 0. The van der Waals surface area contributed by atoms with Gasteiger partial charge in [0.1, 0.15) is 5.75 Å². The first-order chi connectivity index (χ1) is 12.4. The van der Waals surface area contributed by atoms with E-state index in [2.05, 4.69) is 19.2 Å². The van der Waals surface area contributed by atoms with Crippen LogP contribution in [0.15, 0.2) is 48.5 Å². The number of anilines is 1. The standard InChI is InChI=1S/C21H25NO4/c1-15(2)12-13-25-21(24)17-6-8-18(9-7-17)22-20(23)14-26-19-10-4-16(3)5-11-19/h4-11,15H,12-14H2,1-3H3,(H,22,23). The van der Waals surface area contributed by atoms with Gasteiger partial charge in [0, 0.05) is 5.69 Å². The first-order valence-corrected chi connectivity index (χ1v) is 8.70. The van der Waals surface area contributed by atoms with E-state index in [0.29, 0.717) is 29.5 Å². The quantitative estimate of drug-likeness (QED) is 0.720. The third-order valence-corrected chi connectivity index (χ3v) is 3.72. The highest BCUT2D eigenvalue weighted by Crippen LogP contribution is 2.13. The van der Waals surface area contributed by atoms with Crippen LogP contribution in [-0.2, 0) is 9.53 Å². The van der Waals surface area contributed by atoms with Crippen LogP contribution < -0.4 is 10.1 Å². The number of ether oxygens (including phenoxy) is 2. The molecule has 138 valence electrons. The number of nitrogens with one attached hydrogen (secondary N) is 1. The molecule has 0 spiro atoms. The fourth-order valence-corrected chi connectivity index (χ4v) is 2.14. The molecule has 2 rings (SSSR count). The van der Waals surface area contributed by atoms with Crippen molar-refractivity contribution in [2.24, 2.45) is 5.92 Å². The maximum atomic E-state index is 11.9. The summed E-state index contributed by atoms with van der Waals surface area (Å²) in [6.07, 6.45) is 0.834. The number of carbonyl (C=O) groups is 2. The second-order valence-corrected chi connectivity index (χ2v) is 6.55. The summed E-state index contributed by atoms with van der Waals surface area (Å²) in [4.78, 5) is 23.9. The molecule has 1 N–H and O–H groups in total. The van der Waals surface area contributed by atoms with Crippen LogP contribution in [0, 0.1) is 12.8 Å². The van der Waals surface area contributed by atoms with Gasteiger partial charge in [-0.25, -0.2) is 4.79 Å². The SMILES string of the molecule is Cc1ccc(OCC(=O)Nc2ccc(C(=O)OCCC(C)C)cc2)cc1. The van der Waals surface area contributed by atoms with Crippen LogP contribution in [0.25, 0.3) is 0 Å². The summed E-state index contributed by atoms with van der Waals surface area (Å²) < 4.78 is 10.6. The highest BCUT2D eigenvalue weighted by molar-refractivity contribution is 5.93. The summed E-state index contributed by atoms with van der Waals surface area (Å²) >= 11 is 0. The average molecular weight is 355 g/mol. The molecule has 0 aliphatic carbocycles. The Morgan fingerprint density at radius 2 is 1.65 bits per heavy atom. The Labute approximate surface area is 154 Å². The van der Waals surface area contributed by atoms with Crippen molar-refractivity contribution >= 4 is 17.6 Å².